The minimum absolute atomic E-state index is 0.367. The van der Waals surface area contributed by atoms with Crippen LogP contribution in [0.4, 0.5) is 11.6 Å². The lowest BCUT2D eigenvalue weighted by Gasteiger charge is -2.16. The number of rotatable bonds is 4. The number of thiocarbonyl (C=S) groups is 1. The van der Waals surface area contributed by atoms with Gasteiger partial charge in [0.05, 0.1) is 6.54 Å². The largest absolute Gasteiger partial charge is 0.332 e. The molecule has 0 unspecified atom stereocenters. The van der Waals surface area contributed by atoms with E-state index in [1.54, 1.807) is 0 Å². The van der Waals surface area contributed by atoms with Gasteiger partial charge < -0.3 is 10.6 Å². The number of halogens is 1. The van der Waals surface area contributed by atoms with Crippen molar-refractivity contribution in [3.63, 3.8) is 0 Å². The van der Waals surface area contributed by atoms with Crippen molar-refractivity contribution in [1.29, 1.82) is 0 Å². The van der Waals surface area contributed by atoms with Crippen LogP contribution < -0.4 is 16.0 Å². The van der Waals surface area contributed by atoms with E-state index < -0.39 is 0 Å². The third kappa shape index (κ3) is 6.73. The van der Waals surface area contributed by atoms with Gasteiger partial charge in [0, 0.05) is 22.1 Å². The summed E-state index contributed by atoms with van der Waals surface area (Å²) in [5.74, 6) is 0.866. The minimum atomic E-state index is 0.367. The highest BCUT2D eigenvalue weighted by Gasteiger charge is 2.09. The molecule has 0 amide bonds. The molecule has 3 rings (SSSR count). The van der Waals surface area contributed by atoms with Crippen molar-refractivity contribution in [3.05, 3.63) is 81.6 Å². The van der Waals surface area contributed by atoms with Crippen molar-refractivity contribution in [2.45, 2.75) is 34.2 Å². The van der Waals surface area contributed by atoms with E-state index in [2.05, 4.69) is 37.0 Å². The minimum Gasteiger partial charge on any atom is -0.332 e. The van der Waals surface area contributed by atoms with Gasteiger partial charge in [-0.1, -0.05) is 41.9 Å². The van der Waals surface area contributed by atoms with Gasteiger partial charge in [-0.15, -0.1) is 0 Å². The van der Waals surface area contributed by atoms with E-state index in [1.807, 2.05) is 70.2 Å². The summed E-state index contributed by atoms with van der Waals surface area (Å²) in [5.41, 5.74) is 5.79. The van der Waals surface area contributed by atoms with E-state index in [0.29, 0.717) is 28.6 Å². The van der Waals surface area contributed by atoms with Gasteiger partial charge in [-0.2, -0.15) is 0 Å². The molecule has 0 aliphatic heterocycles. The van der Waals surface area contributed by atoms with Gasteiger partial charge in [0.2, 0.25) is 11.9 Å². The Morgan fingerprint density at radius 3 is 2.39 bits per heavy atom. The highest BCUT2D eigenvalue weighted by Crippen LogP contribution is 2.17. The molecule has 3 aromatic rings. The fraction of sp³-hybridized carbons (Fsp3) is 0.217. The predicted octanol–water partition coefficient (Wildman–Crippen LogP) is 5.32. The van der Waals surface area contributed by atoms with Crippen LogP contribution in [0.2, 0.25) is 5.02 Å². The molecule has 1 heterocycles. The van der Waals surface area contributed by atoms with Crippen LogP contribution in [0.3, 0.4) is 0 Å². The Labute approximate surface area is 193 Å². The van der Waals surface area contributed by atoms with Crippen LogP contribution in [-0.4, -0.2) is 21.0 Å². The van der Waals surface area contributed by atoms with E-state index in [4.69, 9.17) is 23.8 Å². The molecule has 0 aliphatic rings. The summed E-state index contributed by atoms with van der Waals surface area (Å²) in [6, 6.07) is 15.7. The lowest BCUT2D eigenvalue weighted by Crippen LogP contribution is -2.39. The van der Waals surface area contributed by atoms with Crippen molar-refractivity contribution in [3.8, 4) is 0 Å². The summed E-state index contributed by atoms with van der Waals surface area (Å²) in [6.07, 6.45) is 0. The highest BCUT2D eigenvalue weighted by atomic mass is 35.5. The number of nitrogens with one attached hydrogen (secondary N) is 3. The predicted molar refractivity (Wildman–Crippen MR) is 133 cm³/mol. The smallest absolute Gasteiger partial charge is 0.229 e. The first-order valence-corrected chi connectivity index (χ1v) is 10.6. The van der Waals surface area contributed by atoms with Gasteiger partial charge in [-0.25, -0.2) is 15.0 Å². The normalized spacial score (nSPS) is 11.2. The molecule has 8 heteroatoms. The molecule has 6 nitrogen and oxygen atoms in total. The molecule has 1 aromatic heterocycles. The average molecular weight is 453 g/mol. The standard InChI is InChI=1S/C23H25ClN6S/c1-14-9-10-15(2)20(11-14)28-23(31)30-21(25-13-18-7-5-6-8-19(18)24)29-22-26-16(3)12-17(4)27-22/h5-12H,13H2,1-4H3,(H3,25,26,27,28,29,30,31). The summed E-state index contributed by atoms with van der Waals surface area (Å²) < 4.78 is 0. The molecule has 160 valence electrons. The molecule has 0 radical (unpaired) electrons. The van der Waals surface area contributed by atoms with Crippen LogP contribution in [0, 0.1) is 27.7 Å². The third-order valence-electron chi connectivity index (χ3n) is 4.45. The number of benzene rings is 2. The Morgan fingerprint density at radius 2 is 1.68 bits per heavy atom. The van der Waals surface area contributed by atoms with Crippen molar-refractivity contribution in [2.75, 3.05) is 10.6 Å². The van der Waals surface area contributed by atoms with E-state index >= 15 is 0 Å². The fourth-order valence-electron chi connectivity index (χ4n) is 2.92. The van der Waals surface area contributed by atoms with Gasteiger partial charge in [0.15, 0.2) is 5.11 Å². The zero-order chi connectivity index (χ0) is 22.4. The molecule has 0 spiro atoms. The van der Waals surface area contributed by atoms with Crippen LogP contribution >= 0.6 is 23.8 Å². The van der Waals surface area contributed by atoms with Gasteiger partial charge in [-0.05, 0) is 74.8 Å². The van der Waals surface area contributed by atoms with E-state index in [0.717, 1.165) is 33.8 Å². The number of aliphatic imine (C=N–C) groups is 1. The zero-order valence-corrected chi connectivity index (χ0v) is 19.5. The quantitative estimate of drug-likeness (QED) is 0.282. The second-order valence-electron chi connectivity index (χ2n) is 7.25. The maximum atomic E-state index is 6.28. The number of nitrogens with zero attached hydrogens (tertiary/aromatic N) is 3. The molecule has 0 saturated heterocycles. The Balaban J connectivity index is 1.82. The first-order chi connectivity index (χ1) is 14.8. The van der Waals surface area contributed by atoms with Crippen molar-refractivity contribution in [2.24, 2.45) is 4.99 Å². The molecule has 0 bridgehead atoms. The number of aryl methyl sites for hydroxylation is 4. The van der Waals surface area contributed by atoms with Crippen LogP contribution in [0.15, 0.2) is 53.5 Å². The lowest BCUT2D eigenvalue weighted by molar-refractivity contribution is 1.03. The van der Waals surface area contributed by atoms with Crippen molar-refractivity contribution in [1.82, 2.24) is 15.3 Å². The molecular formula is C23H25ClN6S. The van der Waals surface area contributed by atoms with E-state index in [9.17, 15) is 0 Å². The number of guanidine groups is 1. The Kier molecular flexibility index (Phi) is 7.55. The number of hydrogen-bond acceptors (Lipinski definition) is 4. The molecule has 31 heavy (non-hydrogen) atoms. The Morgan fingerprint density at radius 1 is 0.968 bits per heavy atom. The molecule has 0 aliphatic carbocycles. The summed E-state index contributed by atoms with van der Waals surface area (Å²) in [5, 5.41) is 10.6. The molecule has 0 fully saturated rings. The summed E-state index contributed by atoms with van der Waals surface area (Å²) in [6.45, 7) is 8.27. The van der Waals surface area contributed by atoms with Gasteiger partial charge in [0.25, 0.3) is 0 Å². The summed E-state index contributed by atoms with van der Waals surface area (Å²) in [4.78, 5) is 13.5. The number of aromatic nitrogens is 2. The highest BCUT2D eigenvalue weighted by molar-refractivity contribution is 7.80. The van der Waals surface area contributed by atoms with Crippen LogP contribution in [0.25, 0.3) is 0 Å². The van der Waals surface area contributed by atoms with Crippen LogP contribution in [0.1, 0.15) is 28.1 Å². The summed E-state index contributed by atoms with van der Waals surface area (Å²) in [7, 11) is 0. The van der Waals surface area contributed by atoms with Gasteiger partial charge >= 0.3 is 0 Å². The first kappa shape index (κ1) is 22.7. The van der Waals surface area contributed by atoms with Crippen molar-refractivity contribution >= 4 is 46.5 Å². The lowest BCUT2D eigenvalue weighted by atomic mass is 10.1. The van der Waals surface area contributed by atoms with Crippen molar-refractivity contribution < 1.29 is 0 Å². The van der Waals surface area contributed by atoms with Gasteiger partial charge in [-0.3, -0.25) is 5.32 Å². The summed E-state index contributed by atoms with van der Waals surface area (Å²) >= 11 is 11.8. The van der Waals surface area contributed by atoms with Crippen LogP contribution in [0.5, 0.6) is 0 Å². The van der Waals surface area contributed by atoms with Crippen LogP contribution in [-0.2, 0) is 6.54 Å². The maximum absolute atomic E-state index is 6.28. The SMILES string of the molecule is Cc1ccc(C)c(NC(=S)NC(=NCc2ccccc2Cl)Nc2nc(C)cc(C)n2)c1. The molecule has 3 N–H and O–H groups in total. The average Bonchev–Trinajstić information content (AvgIpc) is 2.69. The molecule has 2 aromatic carbocycles. The Hall–Kier alpha value is -3.03. The zero-order valence-electron chi connectivity index (χ0n) is 18.0. The second kappa shape index (κ2) is 10.3. The van der Waals surface area contributed by atoms with Gasteiger partial charge in [0.1, 0.15) is 0 Å². The number of hydrogen-bond donors (Lipinski definition) is 3. The third-order valence-corrected chi connectivity index (χ3v) is 5.02. The maximum Gasteiger partial charge on any atom is 0.229 e. The fourth-order valence-corrected chi connectivity index (χ4v) is 3.32. The Bertz CT molecular complexity index is 1110. The van der Waals surface area contributed by atoms with E-state index in [1.165, 1.54) is 0 Å². The van der Waals surface area contributed by atoms with E-state index in [-0.39, 0.29) is 0 Å². The molecule has 0 saturated carbocycles. The first-order valence-electron chi connectivity index (χ1n) is 9.82. The monoisotopic (exact) mass is 452 g/mol. The second-order valence-corrected chi connectivity index (χ2v) is 8.07. The molecule has 0 atom stereocenters. The number of anilines is 2. The molecular weight excluding hydrogens is 428 g/mol. The topological polar surface area (TPSA) is 74.2 Å².